The number of esters is 3. The normalized spacial score (nSPS) is 12.3. The Bertz CT molecular complexity index is 1360. The standard InChI is InChI=1S/C73H134O6/c1-4-7-10-13-16-19-22-25-28-30-32-33-34-35-36-37-38-39-40-42-43-45-48-51-54-57-60-63-66-72(75)78-69-70(68-77-71(74)65-62-59-56-53-50-47-27-24-21-18-15-12-9-6-3)79-73(76)67-64-61-58-55-52-49-46-44-41-31-29-26-23-20-17-14-11-8-5-2/h15,17-18,20,24,26-27,29,70H,4-14,16,19,21-23,25,28,30-69H2,1-3H3/b18-15-,20-17-,27-24-,29-26-. The lowest BCUT2D eigenvalue weighted by Crippen LogP contribution is -2.30. The maximum absolute atomic E-state index is 12.9. The molecule has 0 saturated heterocycles. The molecule has 0 aliphatic heterocycles. The van der Waals surface area contributed by atoms with Crippen LogP contribution in [0, 0.1) is 0 Å². The number of unbranched alkanes of at least 4 members (excludes halogenated alkanes) is 46. The Kier molecular flexibility index (Phi) is 65.6. The minimum absolute atomic E-state index is 0.0756. The van der Waals surface area contributed by atoms with Gasteiger partial charge >= 0.3 is 17.9 Å². The fourth-order valence-corrected chi connectivity index (χ4v) is 10.5. The lowest BCUT2D eigenvalue weighted by atomic mass is 10.0. The maximum Gasteiger partial charge on any atom is 0.306 e. The Morgan fingerprint density at radius 2 is 0.468 bits per heavy atom. The summed E-state index contributed by atoms with van der Waals surface area (Å²) in [6.07, 6.45) is 85.7. The number of rotatable bonds is 65. The van der Waals surface area contributed by atoms with E-state index in [4.69, 9.17) is 14.2 Å². The summed E-state index contributed by atoms with van der Waals surface area (Å²) < 4.78 is 17.0. The van der Waals surface area contributed by atoms with E-state index in [2.05, 4.69) is 69.4 Å². The molecule has 0 saturated carbocycles. The molecule has 79 heavy (non-hydrogen) atoms. The predicted octanol–water partition coefficient (Wildman–Crippen LogP) is 24.1. The molecule has 1 unspecified atom stereocenters. The monoisotopic (exact) mass is 1110 g/mol. The van der Waals surface area contributed by atoms with Gasteiger partial charge in [0.05, 0.1) is 0 Å². The quantitative estimate of drug-likeness (QED) is 0.0261. The summed E-state index contributed by atoms with van der Waals surface area (Å²) in [5.41, 5.74) is 0. The van der Waals surface area contributed by atoms with Crippen molar-refractivity contribution >= 4 is 17.9 Å². The second kappa shape index (κ2) is 67.9. The molecule has 0 aromatic heterocycles. The zero-order valence-electron chi connectivity index (χ0n) is 53.2. The minimum Gasteiger partial charge on any atom is -0.462 e. The molecule has 0 aromatic rings. The number of carbonyl (C=O) groups is 3. The predicted molar refractivity (Wildman–Crippen MR) is 344 cm³/mol. The molecule has 0 aliphatic carbocycles. The van der Waals surface area contributed by atoms with Crippen LogP contribution in [0.3, 0.4) is 0 Å². The first-order valence-corrected chi connectivity index (χ1v) is 35.1. The van der Waals surface area contributed by atoms with Crippen molar-refractivity contribution in [1.82, 2.24) is 0 Å². The van der Waals surface area contributed by atoms with Crippen LogP contribution in [-0.4, -0.2) is 37.2 Å². The van der Waals surface area contributed by atoms with E-state index in [1.54, 1.807) is 0 Å². The van der Waals surface area contributed by atoms with E-state index in [0.717, 1.165) is 83.5 Å². The van der Waals surface area contributed by atoms with Crippen molar-refractivity contribution < 1.29 is 28.6 Å². The van der Waals surface area contributed by atoms with E-state index in [0.29, 0.717) is 19.3 Å². The van der Waals surface area contributed by atoms with Crippen LogP contribution in [0.2, 0.25) is 0 Å². The zero-order chi connectivity index (χ0) is 57.1. The summed E-state index contributed by atoms with van der Waals surface area (Å²) in [6.45, 7) is 6.62. The Labute approximate surface area is 492 Å². The number of hydrogen-bond donors (Lipinski definition) is 0. The lowest BCUT2D eigenvalue weighted by Gasteiger charge is -2.18. The van der Waals surface area contributed by atoms with Crippen molar-refractivity contribution in [3.63, 3.8) is 0 Å². The van der Waals surface area contributed by atoms with E-state index in [1.807, 2.05) is 0 Å². The topological polar surface area (TPSA) is 78.9 Å². The highest BCUT2D eigenvalue weighted by atomic mass is 16.6. The van der Waals surface area contributed by atoms with Crippen molar-refractivity contribution in [2.45, 2.75) is 386 Å². The van der Waals surface area contributed by atoms with Gasteiger partial charge in [-0.15, -0.1) is 0 Å². The van der Waals surface area contributed by atoms with Crippen LogP contribution < -0.4 is 0 Å². The summed E-state index contributed by atoms with van der Waals surface area (Å²) in [5.74, 6) is -0.870. The first-order valence-electron chi connectivity index (χ1n) is 35.1. The third-order valence-corrected chi connectivity index (χ3v) is 15.8. The zero-order valence-corrected chi connectivity index (χ0v) is 53.2. The molecule has 0 aliphatic rings. The van der Waals surface area contributed by atoms with Gasteiger partial charge in [-0.1, -0.05) is 333 Å². The van der Waals surface area contributed by atoms with Crippen molar-refractivity contribution in [1.29, 1.82) is 0 Å². The van der Waals surface area contributed by atoms with Crippen molar-refractivity contribution in [3.05, 3.63) is 48.6 Å². The molecule has 0 radical (unpaired) electrons. The van der Waals surface area contributed by atoms with Gasteiger partial charge in [0.15, 0.2) is 6.10 Å². The average molecular weight is 1110 g/mol. The third-order valence-electron chi connectivity index (χ3n) is 15.8. The summed E-state index contributed by atoms with van der Waals surface area (Å²) in [4.78, 5) is 38.4. The van der Waals surface area contributed by atoms with Crippen LogP contribution in [-0.2, 0) is 28.6 Å². The molecule has 0 spiro atoms. The number of carbonyl (C=O) groups excluding carboxylic acids is 3. The molecule has 0 aromatic carbocycles. The summed E-state index contributed by atoms with van der Waals surface area (Å²) in [6, 6.07) is 0. The Balaban J connectivity index is 4.22. The van der Waals surface area contributed by atoms with Gasteiger partial charge in [-0.2, -0.15) is 0 Å². The highest BCUT2D eigenvalue weighted by molar-refractivity contribution is 5.71. The highest BCUT2D eigenvalue weighted by Gasteiger charge is 2.19. The van der Waals surface area contributed by atoms with Gasteiger partial charge in [0.1, 0.15) is 13.2 Å². The van der Waals surface area contributed by atoms with Gasteiger partial charge in [-0.3, -0.25) is 14.4 Å². The molecular weight excluding hydrogens is 973 g/mol. The molecule has 0 bridgehead atoms. The van der Waals surface area contributed by atoms with Crippen LogP contribution in [0.4, 0.5) is 0 Å². The van der Waals surface area contributed by atoms with Crippen molar-refractivity contribution in [3.8, 4) is 0 Å². The molecule has 6 nitrogen and oxygen atoms in total. The van der Waals surface area contributed by atoms with Crippen LogP contribution in [0.5, 0.6) is 0 Å². The maximum atomic E-state index is 12.9. The lowest BCUT2D eigenvalue weighted by molar-refractivity contribution is -0.167. The smallest absolute Gasteiger partial charge is 0.306 e. The fourth-order valence-electron chi connectivity index (χ4n) is 10.5. The molecule has 0 heterocycles. The Hall–Kier alpha value is -2.63. The van der Waals surface area contributed by atoms with E-state index in [9.17, 15) is 14.4 Å². The fraction of sp³-hybridized carbons (Fsp3) is 0.849. The molecule has 1 atom stereocenters. The molecule has 462 valence electrons. The Morgan fingerprint density at radius 1 is 0.253 bits per heavy atom. The SMILES string of the molecule is CCCC/C=C\C/C=C\CCCCCCCC(=O)OCC(COC(=O)CCCCCCCCCCCCCCCCCCCCCCCCCCCCCC)OC(=O)CCCCCCCCCCC/C=C\C/C=C\CCCCC. The summed E-state index contributed by atoms with van der Waals surface area (Å²) in [7, 11) is 0. The van der Waals surface area contributed by atoms with E-state index >= 15 is 0 Å². The van der Waals surface area contributed by atoms with Gasteiger partial charge < -0.3 is 14.2 Å². The van der Waals surface area contributed by atoms with Gasteiger partial charge in [0.25, 0.3) is 0 Å². The molecule has 0 amide bonds. The molecule has 0 N–H and O–H groups in total. The number of ether oxygens (including phenoxy) is 3. The third kappa shape index (κ3) is 66.1. The van der Waals surface area contributed by atoms with Gasteiger partial charge in [0, 0.05) is 19.3 Å². The van der Waals surface area contributed by atoms with Gasteiger partial charge in [-0.05, 0) is 77.0 Å². The largest absolute Gasteiger partial charge is 0.462 e. The van der Waals surface area contributed by atoms with E-state index in [-0.39, 0.29) is 31.1 Å². The second-order valence-corrected chi connectivity index (χ2v) is 23.8. The molecule has 0 rings (SSSR count). The highest BCUT2D eigenvalue weighted by Crippen LogP contribution is 2.18. The Morgan fingerprint density at radius 3 is 0.759 bits per heavy atom. The average Bonchev–Trinajstić information content (AvgIpc) is 3.45. The van der Waals surface area contributed by atoms with Crippen molar-refractivity contribution in [2.75, 3.05) is 13.2 Å². The van der Waals surface area contributed by atoms with Gasteiger partial charge in [0.2, 0.25) is 0 Å². The number of hydrogen-bond acceptors (Lipinski definition) is 6. The summed E-state index contributed by atoms with van der Waals surface area (Å²) in [5, 5.41) is 0. The van der Waals surface area contributed by atoms with E-state index < -0.39 is 6.10 Å². The molecule has 0 fully saturated rings. The van der Waals surface area contributed by atoms with Crippen LogP contribution in [0.15, 0.2) is 48.6 Å². The first-order chi connectivity index (χ1) is 39.0. The van der Waals surface area contributed by atoms with Crippen molar-refractivity contribution in [2.24, 2.45) is 0 Å². The van der Waals surface area contributed by atoms with Crippen LogP contribution in [0.1, 0.15) is 380 Å². The summed E-state index contributed by atoms with van der Waals surface area (Å²) >= 11 is 0. The van der Waals surface area contributed by atoms with Crippen LogP contribution in [0.25, 0.3) is 0 Å². The van der Waals surface area contributed by atoms with E-state index in [1.165, 1.54) is 257 Å². The number of allylic oxidation sites excluding steroid dienone is 8. The van der Waals surface area contributed by atoms with Gasteiger partial charge in [-0.25, -0.2) is 0 Å². The first kappa shape index (κ1) is 76.4. The van der Waals surface area contributed by atoms with Crippen LogP contribution >= 0.6 is 0 Å². The molecule has 6 heteroatoms. The molecular formula is C73H134O6. The second-order valence-electron chi connectivity index (χ2n) is 23.8. The minimum atomic E-state index is -0.781.